The van der Waals surface area contributed by atoms with Gasteiger partial charge in [-0.2, -0.15) is 0 Å². The molecule has 1 aromatic rings. The van der Waals surface area contributed by atoms with Gasteiger partial charge in [-0.25, -0.2) is 4.39 Å². The molecular weight excluding hydrogens is 329 g/mol. The molecule has 0 aromatic heterocycles. The summed E-state index contributed by atoms with van der Waals surface area (Å²) in [6, 6.07) is 8.37. The highest BCUT2D eigenvalue weighted by atomic mass is 35.5. The minimum Gasteiger partial charge on any atom is -0.469 e. The smallest absolute Gasteiger partial charge is 0.310 e. The van der Waals surface area contributed by atoms with Crippen molar-refractivity contribution in [3.05, 3.63) is 47.0 Å². The quantitative estimate of drug-likeness (QED) is 0.593. The molecule has 0 saturated carbocycles. The largest absolute Gasteiger partial charge is 0.469 e. The first-order valence-electron chi connectivity index (χ1n) is 8.45. The standard InChI is InChI=1S/C19H23ClFNO2/c1-24-19(23)18-16(13-4-6-14(20)7-5-13)12-15-8-9-17(18)22(15)11-3-2-10-21/h2-7,15-18H,8-12H2,1H3/b3-2+. The van der Waals surface area contributed by atoms with Gasteiger partial charge >= 0.3 is 5.97 Å². The second-order valence-electron chi connectivity index (χ2n) is 6.56. The van der Waals surface area contributed by atoms with Crippen LogP contribution in [0.15, 0.2) is 36.4 Å². The Morgan fingerprint density at radius 3 is 2.75 bits per heavy atom. The van der Waals surface area contributed by atoms with Gasteiger partial charge in [0.25, 0.3) is 0 Å². The summed E-state index contributed by atoms with van der Waals surface area (Å²) in [6.45, 7) is 0.247. The highest BCUT2D eigenvalue weighted by Crippen LogP contribution is 2.47. The maximum Gasteiger partial charge on any atom is 0.310 e. The Kier molecular flexibility index (Phi) is 5.57. The van der Waals surface area contributed by atoms with E-state index in [0.29, 0.717) is 17.6 Å². The number of carbonyl (C=O) groups excluding carboxylic acids is 1. The average Bonchev–Trinajstić information content (AvgIpc) is 2.87. The average molecular weight is 352 g/mol. The number of alkyl halides is 1. The fourth-order valence-electron chi connectivity index (χ4n) is 4.37. The van der Waals surface area contributed by atoms with Crippen molar-refractivity contribution in [1.82, 2.24) is 4.90 Å². The van der Waals surface area contributed by atoms with Crippen molar-refractivity contribution in [2.75, 3.05) is 20.3 Å². The van der Waals surface area contributed by atoms with Crippen LogP contribution in [0.4, 0.5) is 4.39 Å². The number of esters is 1. The Morgan fingerprint density at radius 1 is 1.33 bits per heavy atom. The zero-order chi connectivity index (χ0) is 17.1. The van der Waals surface area contributed by atoms with Gasteiger partial charge < -0.3 is 4.74 Å². The molecule has 5 heteroatoms. The SMILES string of the molecule is COC(=O)C1C(c2ccc(Cl)cc2)CC2CCC1N2C/C=C/CF. The minimum atomic E-state index is -0.447. The van der Waals surface area contributed by atoms with E-state index in [1.807, 2.05) is 30.3 Å². The first kappa shape index (κ1) is 17.4. The van der Waals surface area contributed by atoms with Crippen molar-refractivity contribution >= 4 is 17.6 Å². The molecule has 0 aliphatic carbocycles. The summed E-state index contributed by atoms with van der Waals surface area (Å²) in [4.78, 5) is 14.9. The van der Waals surface area contributed by atoms with Crippen LogP contribution in [0, 0.1) is 5.92 Å². The lowest BCUT2D eigenvalue weighted by molar-refractivity contribution is -0.150. The monoisotopic (exact) mass is 351 g/mol. The van der Waals surface area contributed by atoms with E-state index in [9.17, 15) is 9.18 Å². The molecule has 3 nitrogen and oxygen atoms in total. The van der Waals surface area contributed by atoms with E-state index in [1.54, 1.807) is 0 Å². The number of methoxy groups -OCH3 is 1. The molecule has 0 amide bonds. The Hall–Kier alpha value is -1.39. The topological polar surface area (TPSA) is 29.5 Å². The summed E-state index contributed by atoms with van der Waals surface area (Å²) in [5.41, 5.74) is 1.14. The van der Waals surface area contributed by atoms with Gasteiger partial charge in [-0.15, -0.1) is 0 Å². The minimum absolute atomic E-state index is 0.147. The maximum absolute atomic E-state index is 12.5. The van der Waals surface area contributed by atoms with Gasteiger partial charge in [0, 0.05) is 29.6 Å². The van der Waals surface area contributed by atoms with Crippen molar-refractivity contribution in [2.45, 2.75) is 37.3 Å². The molecule has 4 atom stereocenters. The molecular formula is C19H23ClFNO2. The van der Waals surface area contributed by atoms with Crippen molar-refractivity contribution in [3.8, 4) is 0 Å². The molecule has 0 spiro atoms. The molecule has 0 N–H and O–H groups in total. The first-order chi connectivity index (χ1) is 11.7. The number of ether oxygens (including phenoxy) is 1. The van der Waals surface area contributed by atoms with Crippen LogP contribution in [-0.2, 0) is 9.53 Å². The predicted molar refractivity (Wildman–Crippen MR) is 92.9 cm³/mol. The van der Waals surface area contributed by atoms with E-state index in [0.717, 1.165) is 24.8 Å². The molecule has 2 aliphatic heterocycles. The number of fused-ring (bicyclic) bond motifs is 2. The van der Waals surface area contributed by atoms with Crippen molar-refractivity contribution < 1.29 is 13.9 Å². The number of piperidine rings is 1. The zero-order valence-electron chi connectivity index (χ0n) is 13.8. The third-order valence-electron chi connectivity index (χ3n) is 5.41. The Balaban J connectivity index is 1.87. The lowest BCUT2D eigenvalue weighted by Crippen LogP contribution is -2.50. The molecule has 4 unspecified atom stereocenters. The number of halogens is 2. The fraction of sp³-hybridized carbons (Fsp3) is 0.526. The summed E-state index contributed by atoms with van der Waals surface area (Å²) in [5.74, 6) is -0.193. The lowest BCUT2D eigenvalue weighted by Gasteiger charge is -2.43. The summed E-state index contributed by atoms with van der Waals surface area (Å²) in [5, 5.41) is 0.699. The first-order valence-corrected chi connectivity index (χ1v) is 8.83. The molecule has 2 saturated heterocycles. The molecule has 0 radical (unpaired) electrons. The summed E-state index contributed by atoms with van der Waals surface area (Å²) in [6.07, 6.45) is 6.38. The zero-order valence-corrected chi connectivity index (χ0v) is 14.6. The van der Waals surface area contributed by atoms with E-state index in [1.165, 1.54) is 13.2 Å². The van der Waals surface area contributed by atoms with Gasteiger partial charge in [0.05, 0.1) is 13.0 Å². The summed E-state index contributed by atoms with van der Waals surface area (Å²) >= 11 is 6.00. The second kappa shape index (κ2) is 7.66. The van der Waals surface area contributed by atoms with E-state index < -0.39 is 6.67 Å². The number of hydrogen-bond acceptors (Lipinski definition) is 3. The Labute approximate surface area is 147 Å². The number of nitrogens with zero attached hydrogens (tertiary/aromatic N) is 1. The van der Waals surface area contributed by atoms with Gasteiger partial charge in [-0.3, -0.25) is 9.69 Å². The van der Waals surface area contributed by atoms with E-state index in [-0.39, 0.29) is 23.8 Å². The maximum atomic E-state index is 12.5. The van der Waals surface area contributed by atoms with Crippen LogP contribution in [-0.4, -0.2) is 43.3 Å². The molecule has 2 bridgehead atoms. The highest BCUT2D eigenvalue weighted by Gasteiger charge is 2.50. The van der Waals surface area contributed by atoms with Gasteiger partial charge in [-0.05, 0) is 37.0 Å². The molecule has 2 heterocycles. The third-order valence-corrected chi connectivity index (χ3v) is 5.66. The van der Waals surface area contributed by atoms with E-state index in [2.05, 4.69) is 4.90 Å². The molecule has 24 heavy (non-hydrogen) atoms. The van der Waals surface area contributed by atoms with Crippen LogP contribution in [0.2, 0.25) is 5.02 Å². The molecule has 2 aliphatic rings. The normalized spacial score (nSPS) is 30.0. The van der Waals surface area contributed by atoms with E-state index >= 15 is 0 Å². The highest BCUT2D eigenvalue weighted by molar-refractivity contribution is 6.30. The lowest BCUT2D eigenvalue weighted by atomic mass is 9.76. The number of hydrogen-bond donors (Lipinski definition) is 0. The van der Waals surface area contributed by atoms with Gasteiger partial charge in [0.1, 0.15) is 6.67 Å². The fourth-order valence-corrected chi connectivity index (χ4v) is 4.49. The Morgan fingerprint density at radius 2 is 2.08 bits per heavy atom. The van der Waals surface area contributed by atoms with Gasteiger partial charge in [-0.1, -0.05) is 35.9 Å². The predicted octanol–water partition coefficient (Wildman–Crippen LogP) is 3.98. The molecule has 1 aromatic carbocycles. The van der Waals surface area contributed by atoms with Crippen LogP contribution < -0.4 is 0 Å². The summed E-state index contributed by atoms with van der Waals surface area (Å²) < 4.78 is 17.5. The Bertz CT molecular complexity index is 604. The van der Waals surface area contributed by atoms with Crippen molar-refractivity contribution in [2.24, 2.45) is 5.92 Å². The molecule has 2 fully saturated rings. The number of rotatable bonds is 5. The number of allylic oxidation sites excluding steroid dienone is 1. The van der Waals surface area contributed by atoms with Crippen LogP contribution >= 0.6 is 11.6 Å². The van der Waals surface area contributed by atoms with Crippen LogP contribution in [0.1, 0.15) is 30.7 Å². The molecule has 3 rings (SSSR count). The number of benzene rings is 1. The second-order valence-corrected chi connectivity index (χ2v) is 7.00. The van der Waals surface area contributed by atoms with Crippen LogP contribution in [0.5, 0.6) is 0 Å². The van der Waals surface area contributed by atoms with Gasteiger partial charge in [0.2, 0.25) is 0 Å². The molecule has 130 valence electrons. The van der Waals surface area contributed by atoms with Crippen molar-refractivity contribution in [3.63, 3.8) is 0 Å². The van der Waals surface area contributed by atoms with Crippen LogP contribution in [0.25, 0.3) is 0 Å². The summed E-state index contributed by atoms with van der Waals surface area (Å²) in [7, 11) is 1.45. The van der Waals surface area contributed by atoms with Crippen LogP contribution in [0.3, 0.4) is 0 Å². The van der Waals surface area contributed by atoms with Gasteiger partial charge in [0.15, 0.2) is 0 Å². The number of carbonyl (C=O) groups is 1. The van der Waals surface area contributed by atoms with Crippen molar-refractivity contribution in [1.29, 1.82) is 0 Å². The third kappa shape index (κ3) is 3.35. The van der Waals surface area contributed by atoms with E-state index in [4.69, 9.17) is 16.3 Å².